The molecule has 0 fully saturated rings. The van der Waals surface area contributed by atoms with Gasteiger partial charge in [0.1, 0.15) is 5.75 Å². The Bertz CT molecular complexity index is 468. The Morgan fingerprint density at radius 1 is 1.32 bits per heavy atom. The molecule has 0 saturated heterocycles. The van der Waals surface area contributed by atoms with Crippen LogP contribution in [-0.2, 0) is 9.59 Å². The van der Waals surface area contributed by atoms with Crippen molar-refractivity contribution >= 4 is 11.9 Å². The van der Waals surface area contributed by atoms with Crippen molar-refractivity contribution < 1.29 is 19.4 Å². The van der Waals surface area contributed by atoms with Crippen molar-refractivity contribution in [1.29, 1.82) is 0 Å². The average molecular weight is 265 g/mol. The van der Waals surface area contributed by atoms with E-state index < -0.39 is 11.4 Å². The lowest BCUT2D eigenvalue weighted by Crippen LogP contribution is -2.40. The first-order valence-electron chi connectivity index (χ1n) is 6.01. The van der Waals surface area contributed by atoms with Crippen molar-refractivity contribution in [2.45, 2.75) is 20.8 Å². The molecule has 0 bridgehead atoms. The van der Waals surface area contributed by atoms with Crippen molar-refractivity contribution in [2.24, 2.45) is 5.41 Å². The van der Waals surface area contributed by atoms with E-state index in [1.165, 1.54) is 0 Å². The number of hydrogen-bond donors (Lipinski definition) is 2. The molecule has 0 unspecified atom stereocenters. The van der Waals surface area contributed by atoms with Crippen molar-refractivity contribution in [3.05, 3.63) is 29.8 Å². The molecule has 1 aromatic carbocycles. The molecule has 104 valence electrons. The normalized spacial score (nSPS) is 10.9. The number of aryl methyl sites for hydroxylation is 1. The van der Waals surface area contributed by atoms with Crippen molar-refractivity contribution in [3.63, 3.8) is 0 Å². The Morgan fingerprint density at radius 2 is 1.95 bits per heavy atom. The summed E-state index contributed by atoms with van der Waals surface area (Å²) in [5.74, 6) is -0.639. The molecule has 0 aliphatic carbocycles. The molecular weight excluding hydrogens is 246 g/mol. The van der Waals surface area contributed by atoms with Gasteiger partial charge in [-0.1, -0.05) is 18.2 Å². The Kier molecular flexibility index (Phi) is 4.92. The van der Waals surface area contributed by atoms with Gasteiger partial charge in [-0.15, -0.1) is 0 Å². The molecule has 5 nitrogen and oxygen atoms in total. The van der Waals surface area contributed by atoms with Gasteiger partial charge in [0.15, 0.2) is 6.61 Å². The second kappa shape index (κ2) is 6.22. The van der Waals surface area contributed by atoms with E-state index in [0.717, 1.165) is 5.56 Å². The van der Waals surface area contributed by atoms with Crippen LogP contribution in [0, 0.1) is 12.3 Å². The van der Waals surface area contributed by atoms with E-state index >= 15 is 0 Å². The van der Waals surface area contributed by atoms with Gasteiger partial charge in [-0.05, 0) is 32.4 Å². The number of para-hydroxylation sites is 1. The second-order valence-corrected chi connectivity index (χ2v) is 5.02. The van der Waals surface area contributed by atoms with E-state index in [1.54, 1.807) is 19.9 Å². The summed E-state index contributed by atoms with van der Waals surface area (Å²) in [4.78, 5) is 22.4. The Morgan fingerprint density at radius 3 is 2.53 bits per heavy atom. The quantitative estimate of drug-likeness (QED) is 0.819. The molecule has 0 radical (unpaired) electrons. The van der Waals surface area contributed by atoms with Crippen LogP contribution < -0.4 is 10.1 Å². The number of carboxylic acids is 1. The monoisotopic (exact) mass is 265 g/mol. The zero-order valence-corrected chi connectivity index (χ0v) is 11.4. The van der Waals surface area contributed by atoms with E-state index in [1.807, 2.05) is 25.1 Å². The third kappa shape index (κ3) is 4.62. The lowest BCUT2D eigenvalue weighted by molar-refractivity contribution is -0.146. The molecule has 19 heavy (non-hydrogen) atoms. The van der Waals surface area contributed by atoms with Gasteiger partial charge >= 0.3 is 5.97 Å². The Hall–Kier alpha value is -2.04. The number of carbonyl (C=O) groups is 2. The SMILES string of the molecule is Cc1ccccc1OCC(=O)NCC(C)(C)C(=O)O. The fourth-order valence-corrected chi connectivity index (χ4v) is 1.31. The minimum absolute atomic E-state index is 0.0678. The van der Waals surface area contributed by atoms with E-state index in [-0.39, 0.29) is 19.1 Å². The van der Waals surface area contributed by atoms with Gasteiger partial charge in [0.25, 0.3) is 5.91 Å². The summed E-state index contributed by atoms with van der Waals surface area (Å²) in [5, 5.41) is 11.5. The molecule has 0 saturated carbocycles. The molecule has 0 spiro atoms. The van der Waals surface area contributed by atoms with Crippen molar-refractivity contribution in [3.8, 4) is 5.75 Å². The van der Waals surface area contributed by atoms with Gasteiger partial charge in [-0.2, -0.15) is 0 Å². The van der Waals surface area contributed by atoms with Crippen molar-refractivity contribution in [1.82, 2.24) is 5.32 Å². The molecule has 5 heteroatoms. The maximum Gasteiger partial charge on any atom is 0.310 e. The van der Waals surface area contributed by atoms with Crippen LogP contribution in [-0.4, -0.2) is 30.1 Å². The topological polar surface area (TPSA) is 75.6 Å². The average Bonchev–Trinajstić information content (AvgIpc) is 2.35. The van der Waals surface area contributed by atoms with E-state index in [9.17, 15) is 9.59 Å². The lowest BCUT2D eigenvalue weighted by Gasteiger charge is -2.19. The number of hydrogen-bond acceptors (Lipinski definition) is 3. The largest absolute Gasteiger partial charge is 0.484 e. The Balaban J connectivity index is 2.41. The molecule has 2 N–H and O–H groups in total. The number of aliphatic carboxylic acids is 1. The minimum atomic E-state index is -0.988. The van der Waals surface area contributed by atoms with Gasteiger partial charge in [0.2, 0.25) is 0 Å². The van der Waals surface area contributed by atoms with Crippen LogP contribution in [0.3, 0.4) is 0 Å². The maximum absolute atomic E-state index is 11.6. The number of nitrogens with one attached hydrogen (secondary N) is 1. The van der Waals surface area contributed by atoms with Gasteiger partial charge in [-0.3, -0.25) is 9.59 Å². The molecule has 1 amide bonds. The summed E-state index contributed by atoms with van der Waals surface area (Å²) >= 11 is 0. The molecule has 0 heterocycles. The predicted octanol–water partition coefficient (Wildman–Crippen LogP) is 1.60. The van der Waals surface area contributed by atoms with Crippen LogP contribution in [0.5, 0.6) is 5.75 Å². The summed E-state index contributed by atoms with van der Waals surface area (Å²) < 4.78 is 5.36. The third-order valence-corrected chi connectivity index (χ3v) is 2.76. The summed E-state index contributed by atoms with van der Waals surface area (Å²) in [6.45, 7) is 4.94. The fraction of sp³-hybridized carbons (Fsp3) is 0.429. The second-order valence-electron chi connectivity index (χ2n) is 5.02. The number of carbonyl (C=O) groups excluding carboxylic acids is 1. The molecule has 0 aromatic heterocycles. The highest BCUT2D eigenvalue weighted by molar-refractivity contribution is 5.79. The molecule has 0 atom stereocenters. The number of amides is 1. The summed E-state index contributed by atoms with van der Waals surface area (Å²) in [5.41, 5.74) is -0.0423. The van der Waals surface area contributed by atoms with Crippen molar-refractivity contribution in [2.75, 3.05) is 13.2 Å². The summed E-state index contributed by atoms with van der Waals surface area (Å²) in [6.07, 6.45) is 0. The van der Waals surface area contributed by atoms with E-state index in [0.29, 0.717) is 5.75 Å². The third-order valence-electron chi connectivity index (χ3n) is 2.76. The smallest absolute Gasteiger partial charge is 0.310 e. The highest BCUT2D eigenvalue weighted by atomic mass is 16.5. The summed E-state index contributed by atoms with van der Waals surface area (Å²) in [7, 11) is 0. The van der Waals surface area contributed by atoms with Gasteiger partial charge in [-0.25, -0.2) is 0 Å². The lowest BCUT2D eigenvalue weighted by atomic mass is 9.94. The molecule has 0 aliphatic rings. The van der Waals surface area contributed by atoms with Crippen LogP contribution in [0.1, 0.15) is 19.4 Å². The van der Waals surface area contributed by atoms with E-state index in [2.05, 4.69) is 5.32 Å². The predicted molar refractivity (Wildman–Crippen MR) is 71.1 cm³/mol. The minimum Gasteiger partial charge on any atom is -0.484 e. The molecular formula is C14H19NO4. The maximum atomic E-state index is 11.6. The fourth-order valence-electron chi connectivity index (χ4n) is 1.31. The van der Waals surface area contributed by atoms with Crippen LogP contribution in [0.25, 0.3) is 0 Å². The zero-order chi connectivity index (χ0) is 14.5. The number of benzene rings is 1. The first kappa shape index (κ1) is 15.0. The first-order valence-corrected chi connectivity index (χ1v) is 6.01. The van der Waals surface area contributed by atoms with Crippen LogP contribution >= 0.6 is 0 Å². The van der Waals surface area contributed by atoms with Crippen LogP contribution in [0.2, 0.25) is 0 Å². The van der Waals surface area contributed by atoms with Crippen LogP contribution in [0.4, 0.5) is 0 Å². The Labute approximate surface area is 112 Å². The number of ether oxygens (including phenoxy) is 1. The van der Waals surface area contributed by atoms with E-state index in [4.69, 9.17) is 9.84 Å². The highest BCUT2D eigenvalue weighted by Gasteiger charge is 2.27. The molecule has 0 aliphatic heterocycles. The zero-order valence-electron chi connectivity index (χ0n) is 11.4. The molecule has 1 aromatic rings. The van der Waals surface area contributed by atoms with Gasteiger partial charge < -0.3 is 15.2 Å². The van der Waals surface area contributed by atoms with Gasteiger partial charge in [0.05, 0.1) is 5.41 Å². The standard InChI is InChI=1S/C14H19NO4/c1-10-6-4-5-7-11(10)19-8-12(16)15-9-14(2,3)13(17)18/h4-7H,8-9H2,1-3H3,(H,15,16)(H,17,18). The molecule has 1 rings (SSSR count). The van der Waals surface area contributed by atoms with Gasteiger partial charge in [0, 0.05) is 6.54 Å². The van der Waals surface area contributed by atoms with Crippen LogP contribution in [0.15, 0.2) is 24.3 Å². The first-order chi connectivity index (χ1) is 8.83. The number of carboxylic acid groups (broad SMARTS) is 1. The number of rotatable bonds is 6. The summed E-state index contributed by atoms with van der Waals surface area (Å²) in [6, 6.07) is 7.38. The highest BCUT2D eigenvalue weighted by Crippen LogP contribution is 2.16.